The molecule has 0 radical (unpaired) electrons. The normalized spacial score (nSPS) is 24.3. The molecule has 1 heterocycles. The summed E-state index contributed by atoms with van der Waals surface area (Å²) in [5.74, 6) is 0.201. The van der Waals surface area contributed by atoms with Crippen molar-refractivity contribution in [1.29, 1.82) is 0 Å². The number of likely N-dealkylation sites (tertiary alicyclic amines) is 1. The number of hydrogen-bond donors (Lipinski definition) is 1. The average molecular weight is 154 g/mol. The number of carbonyl (C=O) groups is 1. The monoisotopic (exact) mass is 154 g/mol. The van der Waals surface area contributed by atoms with Gasteiger partial charge in [-0.3, -0.25) is 4.79 Å². The number of nitrogens with one attached hydrogen (secondary N) is 1. The topological polar surface area (TPSA) is 32.3 Å². The van der Waals surface area contributed by atoms with Crippen LogP contribution in [0.25, 0.3) is 0 Å². The predicted octanol–water partition coefficient (Wildman–Crippen LogP) is -0.00730. The van der Waals surface area contributed by atoms with Gasteiger partial charge in [0.1, 0.15) is 0 Å². The van der Waals surface area contributed by atoms with Gasteiger partial charge in [0.15, 0.2) is 0 Å². The van der Waals surface area contributed by atoms with Crippen molar-refractivity contribution in [3.05, 3.63) is 12.7 Å². The van der Waals surface area contributed by atoms with Gasteiger partial charge in [0.2, 0.25) is 5.91 Å². The highest BCUT2D eigenvalue weighted by Crippen LogP contribution is 2.07. The molecule has 1 aliphatic heterocycles. The van der Waals surface area contributed by atoms with Gasteiger partial charge in [0.25, 0.3) is 0 Å². The maximum atomic E-state index is 11.2. The lowest BCUT2D eigenvalue weighted by Gasteiger charge is -2.09. The van der Waals surface area contributed by atoms with E-state index >= 15 is 0 Å². The van der Waals surface area contributed by atoms with Crippen molar-refractivity contribution in [2.24, 2.45) is 0 Å². The van der Waals surface area contributed by atoms with Crippen LogP contribution in [-0.4, -0.2) is 37.0 Å². The highest BCUT2D eigenvalue weighted by atomic mass is 16.2. The summed E-state index contributed by atoms with van der Waals surface area (Å²) in [5, 5.41) is 3.10. The molecule has 62 valence electrons. The molecule has 1 atom stereocenters. The summed E-state index contributed by atoms with van der Waals surface area (Å²) in [6, 6.07) is 0.0259. The van der Waals surface area contributed by atoms with Gasteiger partial charge in [0.05, 0.1) is 6.04 Å². The number of hydrogen-bond acceptors (Lipinski definition) is 2. The summed E-state index contributed by atoms with van der Waals surface area (Å²) in [5.41, 5.74) is 0. The summed E-state index contributed by atoms with van der Waals surface area (Å²) >= 11 is 0. The van der Waals surface area contributed by atoms with Crippen LogP contribution in [0, 0.1) is 0 Å². The van der Waals surface area contributed by atoms with E-state index in [1.807, 2.05) is 7.05 Å². The Labute approximate surface area is 67.1 Å². The quantitative estimate of drug-likeness (QED) is 0.580. The van der Waals surface area contributed by atoms with Gasteiger partial charge in [0, 0.05) is 20.1 Å². The van der Waals surface area contributed by atoms with E-state index in [1.165, 1.54) is 0 Å². The fourth-order valence-corrected chi connectivity index (χ4v) is 1.24. The minimum atomic E-state index is 0.0259. The summed E-state index contributed by atoms with van der Waals surface area (Å²) in [6.45, 7) is 5.16. The van der Waals surface area contributed by atoms with Crippen LogP contribution in [0.4, 0.5) is 0 Å². The zero-order valence-corrected chi connectivity index (χ0v) is 6.84. The fourth-order valence-electron chi connectivity index (χ4n) is 1.24. The van der Waals surface area contributed by atoms with Gasteiger partial charge >= 0.3 is 0 Å². The van der Waals surface area contributed by atoms with E-state index in [1.54, 1.807) is 11.0 Å². The van der Waals surface area contributed by atoms with Gasteiger partial charge < -0.3 is 10.2 Å². The second-order valence-electron chi connectivity index (χ2n) is 2.80. The standard InChI is InChI=1S/C8H14N2O/c1-3-5-9-7-4-6-10(2)8(7)11/h3,7,9H,1,4-6H2,2H3. The molecule has 1 unspecified atom stereocenters. The first-order valence-electron chi connectivity index (χ1n) is 3.85. The predicted molar refractivity (Wildman–Crippen MR) is 44.2 cm³/mol. The maximum absolute atomic E-state index is 11.2. The Morgan fingerprint density at radius 3 is 3.09 bits per heavy atom. The second-order valence-corrected chi connectivity index (χ2v) is 2.80. The van der Waals surface area contributed by atoms with Crippen LogP contribution in [0.3, 0.4) is 0 Å². The molecule has 1 aliphatic rings. The van der Waals surface area contributed by atoms with Crippen molar-refractivity contribution in [3.63, 3.8) is 0 Å². The number of carbonyl (C=O) groups excluding carboxylic acids is 1. The van der Waals surface area contributed by atoms with Crippen LogP contribution in [0.15, 0.2) is 12.7 Å². The molecule has 1 amide bonds. The molecule has 3 nitrogen and oxygen atoms in total. The minimum absolute atomic E-state index is 0.0259. The Bertz CT molecular complexity index is 167. The fraction of sp³-hybridized carbons (Fsp3) is 0.625. The highest BCUT2D eigenvalue weighted by Gasteiger charge is 2.27. The van der Waals surface area contributed by atoms with E-state index in [9.17, 15) is 4.79 Å². The lowest BCUT2D eigenvalue weighted by Crippen LogP contribution is -2.36. The number of likely N-dealkylation sites (N-methyl/N-ethyl adjacent to an activating group) is 1. The number of nitrogens with zero attached hydrogens (tertiary/aromatic N) is 1. The van der Waals surface area contributed by atoms with E-state index in [-0.39, 0.29) is 11.9 Å². The van der Waals surface area contributed by atoms with Crippen LogP contribution in [0.5, 0.6) is 0 Å². The SMILES string of the molecule is C=CCNC1CCN(C)C1=O. The number of amides is 1. The summed E-state index contributed by atoms with van der Waals surface area (Å²) in [7, 11) is 1.83. The largest absolute Gasteiger partial charge is 0.344 e. The van der Waals surface area contributed by atoms with Gasteiger partial charge in [-0.1, -0.05) is 6.08 Å². The molecule has 0 aromatic heterocycles. The first kappa shape index (κ1) is 8.27. The molecule has 0 aromatic rings. The molecular formula is C8H14N2O. The van der Waals surface area contributed by atoms with E-state index in [0.29, 0.717) is 6.54 Å². The zero-order chi connectivity index (χ0) is 8.27. The molecule has 0 spiro atoms. The van der Waals surface area contributed by atoms with Crippen molar-refractivity contribution < 1.29 is 4.79 Å². The van der Waals surface area contributed by atoms with Crippen LogP contribution < -0.4 is 5.32 Å². The van der Waals surface area contributed by atoms with Crippen LogP contribution in [-0.2, 0) is 4.79 Å². The zero-order valence-electron chi connectivity index (χ0n) is 6.84. The first-order valence-corrected chi connectivity index (χ1v) is 3.85. The Morgan fingerprint density at radius 1 is 1.91 bits per heavy atom. The van der Waals surface area contributed by atoms with Crippen molar-refractivity contribution in [2.45, 2.75) is 12.5 Å². The van der Waals surface area contributed by atoms with Gasteiger partial charge in [-0.15, -0.1) is 6.58 Å². The average Bonchev–Trinajstić information content (AvgIpc) is 2.31. The first-order chi connectivity index (χ1) is 5.25. The third kappa shape index (κ3) is 1.80. The van der Waals surface area contributed by atoms with E-state index in [2.05, 4.69) is 11.9 Å². The van der Waals surface area contributed by atoms with Crippen molar-refractivity contribution in [1.82, 2.24) is 10.2 Å². The molecule has 0 saturated carbocycles. The maximum Gasteiger partial charge on any atom is 0.239 e. The lowest BCUT2D eigenvalue weighted by atomic mass is 10.2. The Morgan fingerprint density at radius 2 is 2.64 bits per heavy atom. The third-order valence-electron chi connectivity index (χ3n) is 1.94. The van der Waals surface area contributed by atoms with Crippen LogP contribution >= 0.6 is 0 Å². The van der Waals surface area contributed by atoms with Gasteiger partial charge in [-0.2, -0.15) is 0 Å². The van der Waals surface area contributed by atoms with Crippen molar-refractivity contribution in [2.75, 3.05) is 20.1 Å². The van der Waals surface area contributed by atoms with E-state index in [4.69, 9.17) is 0 Å². The molecular weight excluding hydrogens is 140 g/mol. The molecule has 0 aromatic carbocycles. The molecule has 1 fully saturated rings. The lowest BCUT2D eigenvalue weighted by molar-refractivity contribution is -0.128. The molecule has 0 bridgehead atoms. The second kappa shape index (κ2) is 3.53. The van der Waals surface area contributed by atoms with Gasteiger partial charge in [-0.05, 0) is 6.42 Å². The Balaban J connectivity index is 2.36. The molecule has 1 N–H and O–H groups in total. The van der Waals surface area contributed by atoms with E-state index in [0.717, 1.165) is 13.0 Å². The number of rotatable bonds is 3. The minimum Gasteiger partial charge on any atom is -0.344 e. The van der Waals surface area contributed by atoms with Crippen molar-refractivity contribution >= 4 is 5.91 Å². The molecule has 3 heteroatoms. The third-order valence-corrected chi connectivity index (χ3v) is 1.94. The molecule has 0 aliphatic carbocycles. The molecule has 1 rings (SSSR count). The highest BCUT2D eigenvalue weighted by molar-refractivity contribution is 5.83. The van der Waals surface area contributed by atoms with Crippen molar-refractivity contribution in [3.8, 4) is 0 Å². The summed E-state index contributed by atoms with van der Waals surface area (Å²) < 4.78 is 0. The van der Waals surface area contributed by atoms with Crippen LogP contribution in [0.2, 0.25) is 0 Å². The molecule has 1 saturated heterocycles. The smallest absolute Gasteiger partial charge is 0.239 e. The Hall–Kier alpha value is -0.830. The summed E-state index contributed by atoms with van der Waals surface area (Å²) in [4.78, 5) is 13.0. The summed E-state index contributed by atoms with van der Waals surface area (Å²) in [6.07, 6.45) is 2.69. The van der Waals surface area contributed by atoms with Crippen LogP contribution in [0.1, 0.15) is 6.42 Å². The molecule has 11 heavy (non-hydrogen) atoms. The Kier molecular flexibility index (Phi) is 2.65. The van der Waals surface area contributed by atoms with Gasteiger partial charge in [-0.25, -0.2) is 0 Å². The van der Waals surface area contributed by atoms with E-state index < -0.39 is 0 Å².